The molecule has 1 amide bonds. The maximum Gasteiger partial charge on any atom is 0.329 e. The molecule has 6 N–H and O–H groups in total. The lowest BCUT2D eigenvalue weighted by Gasteiger charge is -2.40. The normalized spacial score (nSPS) is 14.6. The van der Waals surface area contributed by atoms with Crippen molar-refractivity contribution in [3.8, 4) is 11.5 Å². The number of benzene rings is 3. The monoisotopic (exact) mass is 707 g/mol. The molecule has 258 valence electrons. The standard InChI is InChI=1S/C32H46N3O9PSSi/c1-31(2,3)47(7,8)44-29(23-11-18-28(36)27(19-23)35-46(6,41)42)20-33-32(4,24-12-16-26(43-5)17-13-24)30(37)34-25-14-9-22(10-15-25)21-45(38,39)40/h9-19,29,33,35-36H,20-21H2,1-8H3,(H,34,37)(H2,38,39,40). The van der Waals surface area contributed by atoms with Crippen LogP contribution in [0.2, 0.25) is 18.1 Å². The van der Waals surface area contributed by atoms with Gasteiger partial charge in [0.25, 0.3) is 0 Å². The van der Waals surface area contributed by atoms with Crippen LogP contribution < -0.4 is 20.1 Å². The summed E-state index contributed by atoms with van der Waals surface area (Å²) in [6, 6.07) is 17.9. The van der Waals surface area contributed by atoms with E-state index >= 15 is 0 Å². The number of sulfonamides is 1. The molecule has 3 rings (SSSR count). The summed E-state index contributed by atoms with van der Waals surface area (Å²) in [7, 11) is -8.84. The highest BCUT2D eigenvalue weighted by molar-refractivity contribution is 7.92. The van der Waals surface area contributed by atoms with Gasteiger partial charge in [-0.25, -0.2) is 8.42 Å². The van der Waals surface area contributed by atoms with Gasteiger partial charge in [0.15, 0.2) is 8.32 Å². The Morgan fingerprint density at radius 2 is 1.57 bits per heavy atom. The Morgan fingerprint density at radius 1 is 0.979 bits per heavy atom. The Morgan fingerprint density at radius 3 is 2.09 bits per heavy atom. The molecule has 2 unspecified atom stereocenters. The largest absolute Gasteiger partial charge is 0.506 e. The van der Waals surface area contributed by atoms with E-state index < -0.39 is 49.6 Å². The van der Waals surface area contributed by atoms with E-state index in [4.69, 9.17) is 9.16 Å². The number of hydrogen-bond acceptors (Lipinski definition) is 8. The molecule has 0 radical (unpaired) electrons. The van der Waals surface area contributed by atoms with E-state index in [2.05, 4.69) is 49.2 Å². The highest BCUT2D eigenvalue weighted by Gasteiger charge is 2.41. The first kappa shape index (κ1) is 38.2. The minimum Gasteiger partial charge on any atom is -0.506 e. The van der Waals surface area contributed by atoms with Gasteiger partial charge in [0.1, 0.15) is 17.0 Å². The molecule has 0 saturated heterocycles. The van der Waals surface area contributed by atoms with Gasteiger partial charge in [-0.1, -0.05) is 51.1 Å². The lowest BCUT2D eigenvalue weighted by molar-refractivity contribution is -0.122. The molecule has 0 fully saturated rings. The van der Waals surface area contributed by atoms with Gasteiger partial charge in [-0.15, -0.1) is 0 Å². The van der Waals surface area contributed by atoms with Gasteiger partial charge >= 0.3 is 7.60 Å². The number of carbonyl (C=O) groups excluding carboxylic acids is 1. The average Bonchev–Trinajstić information content (AvgIpc) is 2.95. The van der Waals surface area contributed by atoms with E-state index in [1.807, 2.05) is 0 Å². The number of amides is 1. The molecule has 3 aromatic rings. The van der Waals surface area contributed by atoms with Crippen molar-refractivity contribution in [2.45, 2.75) is 63.6 Å². The van der Waals surface area contributed by atoms with Crippen molar-refractivity contribution in [1.82, 2.24) is 5.32 Å². The number of carbonyl (C=O) groups is 1. The average molecular weight is 708 g/mol. The molecule has 0 aromatic heterocycles. The van der Waals surface area contributed by atoms with Crippen molar-refractivity contribution in [3.05, 3.63) is 83.4 Å². The summed E-state index contributed by atoms with van der Waals surface area (Å²) in [5, 5.41) is 16.5. The van der Waals surface area contributed by atoms with Crippen LogP contribution in [0.25, 0.3) is 0 Å². The first-order valence-corrected chi connectivity index (χ1v) is 21.5. The van der Waals surface area contributed by atoms with Crippen LogP contribution in [0.5, 0.6) is 11.5 Å². The summed E-state index contributed by atoms with van der Waals surface area (Å²) >= 11 is 0. The summed E-state index contributed by atoms with van der Waals surface area (Å²) in [4.78, 5) is 32.7. The van der Waals surface area contributed by atoms with E-state index in [1.54, 1.807) is 68.6 Å². The Balaban J connectivity index is 2.03. The van der Waals surface area contributed by atoms with Gasteiger partial charge in [0, 0.05) is 12.2 Å². The minimum atomic E-state index is -4.25. The predicted molar refractivity (Wildman–Crippen MR) is 187 cm³/mol. The Kier molecular flexibility index (Phi) is 11.8. The second-order valence-electron chi connectivity index (χ2n) is 13.2. The molecular formula is C32H46N3O9PSSi. The molecule has 0 bridgehead atoms. The third-order valence-corrected chi connectivity index (χ3v) is 14.1. The van der Waals surface area contributed by atoms with Crippen LogP contribution in [0.1, 0.15) is 50.5 Å². The van der Waals surface area contributed by atoms with Crippen molar-refractivity contribution in [2.24, 2.45) is 0 Å². The number of hydrogen-bond donors (Lipinski definition) is 6. The topological polar surface area (TPSA) is 184 Å². The van der Waals surface area contributed by atoms with E-state index in [9.17, 15) is 32.7 Å². The number of aromatic hydroxyl groups is 1. The number of ether oxygens (including phenoxy) is 1. The second kappa shape index (κ2) is 14.5. The fourth-order valence-corrected chi connectivity index (χ4v) is 7.05. The van der Waals surface area contributed by atoms with Gasteiger partial charge < -0.3 is 29.4 Å². The number of phenols is 1. The van der Waals surface area contributed by atoms with Crippen LogP contribution in [0.4, 0.5) is 11.4 Å². The Hall–Kier alpha value is -3.23. The summed E-state index contributed by atoms with van der Waals surface area (Å²) in [5.41, 5.74) is 0.726. The van der Waals surface area contributed by atoms with Crippen LogP contribution in [-0.4, -0.2) is 57.4 Å². The van der Waals surface area contributed by atoms with E-state index in [1.165, 1.54) is 12.1 Å². The lowest BCUT2D eigenvalue weighted by atomic mass is 9.90. The maximum atomic E-state index is 14.1. The molecule has 12 nitrogen and oxygen atoms in total. The second-order valence-corrected chi connectivity index (χ2v) is 21.4. The summed E-state index contributed by atoms with van der Waals surface area (Å²) in [5.74, 6) is -0.0552. The zero-order chi connectivity index (χ0) is 35.4. The third kappa shape index (κ3) is 10.6. The van der Waals surface area contributed by atoms with Crippen molar-refractivity contribution >= 4 is 43.2 Å². The van der Waals surface area contributed by atoms with E-state index in [0.29, 0.717) is 28.1 Å². The highest BCUT2D eigenvalue weighted by atomic mass is 32.2. The first-order valence-electron chi connectivity index (χ1n) is 14.9. The van der Waals surface area contributed by atoms with Crippen molar-refractivity contribution in [3.63, 3.8) is 0 Å². The summed E-state index contributed by atoms with van der Waals surface area (Å²) in [6.45, 7) is 12.3. The minimum absolute atomic E-state index is 0.00619. The molecule has 15 heteroatoms. The van der Waals surface area contributed by atoms with Crippen molar-refractivity contribution in [2.75, 3.05) is 29.9 Å². The first-order chi connectivity index (χ1) is 21.5. The zero-order valence-corrected chi connectivity index (χ0v) is 30.7. The zero-order valence-electron chi connectivity index (χ0n) is 28.0. The van der Waals surface area contributed by atoms with Gasteiger partial charge in [-0.2, -0.15) is 0 Å². The summed E-state index contributed by atoms with van der Waals surface area (Å²) < 4.78 is 49.9. The van der Waals surface area contributed by atoms with Gasteiger partial charge in [0.05, 0.1) is 31.3 Å². The van der Waals surface area contributed by atoms with Crippen molar-refractivity contribution in [1.29, 1.82) is 0 Å². The smallest absolute Gasteiger partial charge is 0.329 e. The summed E-state index contributed by atoms with van der Waals surface area (Å²) in [6.07, 6.45) is -0.0800. The van der Waals surface area contributed by atoms with Gasteiger partial charge in [-0.3, -0.25) is 19.4 Å². The predicted octanol–water partition coefficient (Wildman–Crippen LogP) is 5.66. The van der Waals surface area contributed by atoms with Crippen LogP contribution in [0.15, 0.2) is 66.7 Å². The number of nitrogens with one attached hydrogen (secondary N) is 3. The van der Waals surface area contributed by atoms with Crippen LogP contribution in [-0.2, 0) is 35.5 Å². The number of phenolic OH excluding ortho intramolecular Hbond substituents is 1. The fraction of sp³-hybridized carbons (Fsp3) is 0.406. The van der Waals surface area contributed by atoms with Gasteiger partial charge in [0.2, 0.25) is 15.9 Å². The molecule has 0 aliphatic carbocycles. The molecule has 0 spiro atoms. The SMILES string of the molecule is COc1ccc(C(C)(NCC(O[Si](C)(C)C(C)(C)C)c2ccc(O)c(NS(C)(=O)=O)c2)C(=O)Nc2ccc(CP(=O)(O)O)cc2)cc1. The molecule has 2 atom stereocenters. The number of rotatable bonds is 14. The number of methoxy groups -OCH3 is 1. The van der Waals surface area contributed by atoms with Crippen LogP contribution in [0.3, 0.4) is 0 Å². The quantitative estimate of drug-likeness (QED) is 0.0695. The molecule has 0 aliphatic heterocycles. The molecule has 47 heavy (non-hydrogen) atoms. The molecule has 0 heterocycles. The van der Waals surface area contributed by atoms with Crippen molar-refractivity contribution < 1.29 is 41.8 Å². The molecular weight excluding hydrogens is 661 g/mol. The van der Waals surface area contributed by atoms with Crippen LogP contribution >= 0.6 is 7.60 Å². The molecule has 0 aliphatic rings. The van der Waals surface area contributed by atoms with E-state index in [-0.39, 0.29) is 23.0 Å². The number of anilines is 2. The molecule has 3 aromatic carbocycles. The third-order valence-electron chi connectivity index (χ3n) is 8.29. The van der Waals surface area contributed by atoms with E-state index in [0.717, 1.165) is 6.26 Å². The molecule has 0 saturated carbocycles. The fourth-order valence-electron chi connectivity index (χ4n) is 4.52. The van der Waals surface area contributed by atoms with Crippen LogP contribution in [0, 0.1) is 0 Å². The van der Waals surface area contributed by atoms with Gasteiger partial charge in [-0.05, 0) is 78.1 Å². The maximum absolute atomic E-state index is 14.1. The highest BCUT2D eigenvalue weighted by Crippen LogP contribution is 2.41. The Labute approximate surface area is 278 Å². The lowest BCUT2D eigenvalue weighted by Crippen LogP contribution is -2.52. The Bertz CT molecular complexity index is 1710.